The Morgan fingerprint density at radius 1 is 1.17 bits per heavy atom. The number of rotatable bonds is 6. The number of benzene rings is 1. The first-order chi connectivity index (χ1) is 16.8. The third-order valence-electron chi connectivity index (χ3n) is 7.76. The van der Waals surface area contributed by atoms with E-state index in [1.54, 1.807) is 12.1 Å². The van der Waals surface area contributed by atoms with Crippen molar-refractivity contribution in [3.05, 3.63) is 58.0 Å². The van der Waals surface area contributed by atoms with E-state index in [0.717, 1.165) is 50.0 Å². The number of piperidine rings is 1. The predicted molar refractivity (Wildman–Crippen MR) is 139 cm³/mol. The summed E-state index contributed by atoms with van der Waals surface area (Å²) in [6, 6.07) is 4.72. The van der Waals surface area contributed by atoms with Crippen LogP contribution >= 0.6 is 11.6 Å². The molecule has 2 aliphatic heterocycles. The Labute approximate surface area is 213 Å². The molecule has 6 nitrogen and oxygen atoms in total. The Bertz CT molecular complexity index is 1010. The minimum Gasteiger partial charge on any atom is -0.391 e. The predicted octanol–water partition coefficient (Wildman–Crippen LogP) is 4.24. The molecule has 4 rings (SSSR count). The van der Waals surface area contributed by atoms with Gasteiger partial charge in [-0.2, -0.15) is 0 Å². The van der Waals surface area contributed by atoms with Gasteiger partial charge in [0.05, 0.1) is 10.9 Å². The number of likely N-dealkylation sites (tertiary alicyclic amines) is 1. The second-order valence-corrected chi connectivity index (χ2v) is 10.4. The number of allylic oxidation sites excluding steroid dienone is 1. The number of hydrogen-bond donors (Lipinski definition) is 2. The number of carbonyl (C=O) groups is 1. The molecule has 2 fully saturated rings. The maximum atomic E-state index is 14.3. The SMILES string of the molecule is C=C1CCN(C[C@H](C(=O)N2CCN(C(=N)C3=C(NC)CC[C@H]3C)CC2)c2ccc(Cl)c(F)c2)CC1. The molecule has 190 valence electrons. The molecule has 0 saturated carbocycles. The highest BCUT2D eigenvalue weighted by molar-refractivity contribution is 6.30. The summed E-state index contributed by atoms with van der Waals surface area (Å²) in [4.78, 5) is 20.0. The first kappa shape index (κ1) is 25.7. The lowest BCUT2D eigenvalue weighted by Crippen LogP contribution is -2.53. The maximum absolute atomic E-state index is 14.3. The molecular weight excluding hydrogens is 465 g/mol. The van der Waals surface area contributed by atoms with Crippen LogP contribution in [0.5, 0.6) is 0 Å². The van der Waals surface area contributed by atoms with Crippen molar-refractivity contribution >= 4 is 23.3 Å². The topological polar surface area (TPSA) is 62.7 Å². The zero-order valence-electron chi connectivity index (χ0n) is 20.9. The molecule has 0 spiro atoms. The van der Waals surface area contributed by atoms with Crippen LogP contribution in [0.3, 0.4) is 0 Å². The molecule has 1 amide bonds. The first-order valence-corrected chi connectivity index (χ1v) is 13.0. The van der Waals surface area contributed by atoms with E-state index in [1.165, 1.54) is 11.6 Å². The number of amidine groups is 1. The van der Waals surface area contributed by atoms with E-state index in [9.17, 15) is 9.18 Å². The molecule has 2 heterocycles. The summed E-state index contributed by atoms with van der Waals surface area (Å²) in [5, 5.41) is 12.2. The fourth-order valence-corrected chi connectivity index (χ4v) is 5.60. The molecule has 1 aromatic carbocycles. The van der Waals surface area contributed by atoms with E-state index in [1.807, 2.05) is 11.9 Å². The number of piperazine rings is 1. The van der Waals surface area contributed by atoms with Gasteiger partial charge in [-0.05, 0) is 49.3 Å². The zero-order chi connectivity index (χ0) is 25.1. The van der Waals surface area contributed by atoms with Crippen molar-refractivity contribution in [3.8, 4) is 0 Å². The Morgan fingerprint density at radius 3 is 2.46 bits per heavy atom. The van der Waals surface area contributed by atoms with E-state index < -0.39 is 11.7 Å². The van der Waals surface area contributed by atoms with Gasteiger partial charge in [0.2, 0.25) is 5.91 Å². The molecule has 2 N–H and O–H groups in total. The standard InChI is InChI=1S/C27H37ClFN5O/c1-18-8-10-32(11-9-18)17-21(20-5-6-22(28)23(29)16-20)27(35)34-14-12-33(13-15-34)26(30)25-19(2)4-7-24(25)31-3/h5-6,16,19,21,30-31H,1,4,7-15,17H2,2-3H3/t19-,21+/m1/s1. The summed E-state index contributed by atoms with van der Waals surface area (Å²) in [5.41, 5.74) is 4.18. The average Bonchev–Trinajstić information content (AvgIpc) is 3.25. The molecule has 2 atom stereocenters. The van der Waals surface area contributed by atoms with Crippen LogP contribution in [-0.2, 0) is 4.79 Å². The normalized spacial score (nSPS) is 22.5. The summed E-state index contributed by atoms with van der Waals surface area (Å²) in [6.45, 7) is 10.9. The molecule has 0 radical (unpaired) electrons. The van der Waals surface area contributed by atoms with Crippen LogP contribution < -0.4 is 5.32 Å². The molecule has 35 heavy (non-hydrogen) atoms. The van der Waals surface area contributed by atoms with Crippen LogP contribution in [0.1, 0.15) is 44.1 Å². The second kappa shape index (κ2) is 11.1. The Hall–Kier alpha value is -2.38. The zero-order valence-corrected chi connectivity index (χ0v) is 21.6. The Balaban J connectivity index is 1.46. The third-order valence-corrected chi connectivity index (χ3v) is 8.06. The number of nitrogens with zero attached hydrogens (tertiary/aromatic N) is 3. The maximum Gasteiger partial charge on any atom is 0.231 e. The lowest BCUT2D eigenvalue weighted by Gasteiger charge is -2.39. The molecule has 0 unspecified atom stereocenters. The molecule has 3 aliphatic rings. The largest absolute Gasteiger partial charge is 0.391 e. The van der Waals surface area contributed by atoms with Gasteiger partial charge in [0.1, 0.15) is 11.7 Å². The second-order valence-electron chi connectivity index (χ2n) is 10.0. The summed E-state index contributed by atoms with van der Waals surface area (Å²) in [5.74, 6) is 0.0246. The van der Waals surface area contributed by atoms with Gasteiger partial charge >= 0.3 is 0 Å². The van der Waals surface area contributed by atoms with Crippen LogP contribution in [-0.4, -0.2) is 79.3 Å². The fourth-order valence-electron chi connectivity index (χ4n) is 5.48. The molecule has 2 saturated heterocycles. The van der Waals surface area contributed by atoms with Crippen LogP contribution in [0.25, 0.3) is 0 Å². The first-order valence-electron chi connectivity index (χ1n) is 12.7. The van der Waals surface area contributed by atoms with Gasteiger partial charge < -0.3 is 20.0 Å². The molecular formula is C27H37ClFN5O. The van der Waals surface area contributed by atoms with Crippen molar-refractivity contribution in [2.24, 2.45) is 5.92 Å². The monoisotopic (exact) mass is 501 g/mol. The highest BCUT2D eigenvalue weighted by Gasteiger charge is 2.33. The molecule has 0 bridgehead atoms. The Morgan fingerprint density at radius 2 is 1.83 bits per heavy atom. The number of nitrogens with one attached hydrogen (secondary N) is 2. The number of carbonyl (C=O) groups excluding carboxylic acids is 1. The van der Waals surface area contributed by atoms with Gasteiger partial charge in [-0.1, -0.05) is 36.7 Å². The van der Waals surface area contributed by atoms with E-state index in [0.29, 0.717) is 50.0 Å². The van der Waals surface area contributed by atoms with Crippen LogP contribution in [0.4, 0.5) is 4.39 Å². The lowest BCUT2D eigenvalue weighted by molar-refractivity contribution is -0.134. The van der Waals surface area contributed by atoms with Gasteiger partial charge in [0.25, 0.3) is 0 Å². The summed E-state index contributed by atoms with van der Waals surface area (Å²) >= 11 is 5.93. The molecule has 0 aromatic heterocycles. The number of halogens is 2. The molecule has 1 aliphatic carbocycles. The van der Waals surface area contributed by atoms with Crippen LogP contribution in [0, 0.1) is 17.1 Å². The van der Waals surface area contributed by atoms with Gasteiger partial charge in [-0.15, -0.1) is 0 Å². The van der Waals surface area contributed by atoms with Crippen molar-refractivity contribution in [3.63, 3.8) is 0 Å². The average molecular weight is 502 g/mol. The van der Waals surface area contributed by atoms with Crippen molar-refractivity contribution in [2.45, 2.75) is 38.5 Å². The van der Waals surface area contributed by atoms with Crippen molar-refractivity contribution in [1.82, 2.24) is 20.0 Å². The van der Waals surface area contributed by atoms with Gasteiger partial charge in [-0.25, -0.2) is 4.39 Å². The van der Waals surface area contributed by atoms with Crippen LogP contribution in [0.2, 0.25) is 5.02 Å². The summed E-state index contributed by atoms with van der Waals surface area (Å²) in [7, 11) is 1.93. The van der Waals surface area contributed by atoms with Gasteiger partial charge in [0, 0.05) is 64.1 Å². The van der Waals surface area contributed by atoms with Crippen molar-refractivity contribution < 1.29 is 9.18 Å². The number of hydrogen-bond acceptors (Lipinski definition) is 4. The fraction of sp³-hybridized carbons (Fsp3) is 0.556. The highest BCUT2D eigenvalue weighted by atomic mass is 35.5. The molecule has 1 aromatic rings. The number of amides is 1. The Kier molecular flexibility index (Phi) is 8.17. The summed E-state index contributed by atoms with van der Waals surface area (Å²) < 4.78 is 14.3. The minimum absolute atomic E-state index is 0.0201. The van der Waals surface area contributed by atoms with Gasteiger partial charge in [0.15, 0.2) is 0 Å². The van der Waals surface area contributed by atoms with E-state index in [2.05, 4.69) is 28.6 Å². The van der Waals surface area contributed by atoms with E-state index >= 15 is 0 Å². The van der Waals surface area contributed by atoms with Crippen molar-refractivity contribution in [2.75, 3.05) is 52.9 Å². The minimum atomic E-state index is -0.494. The van der Waals surface area contributed by atoms with Gasteiger partial charge in [-0.3, -0.25) is 10.2 Å². The summed E-state index contributed by atoms with van der Waals surface area (Å²) in [6.07, 6.45) is 3.91. The van der Waals surface area contributed by atoms with Crippen molar-refractivity contribution in [1.29, 1.82) is 5.41 Å². The highest BCUT2D eigenvalue weighted by Crippen LogP contribution is 2.32. The smallest absolute Gasteiger partial charge is 0.231 e. The van der Waals surface area contributed by atoms with E-state index in [4.69, 9.17) is 17.0 Å². The van der Waals surface area contributed by atoms with Crippen LogP contribution in [0.15, 0.2) is 41.6 Å². The third kappa shape index (κ3) is 5.72. The van der Waals surface area contributed by atoms with E-state index in [-0.39, 0.29) is 10.9 Å². The lowest BCUT2D eigenvalue weighted by atomic mass is 9.94. The quantitative estimate of drug-likeness (QED) is 0.348. The molecule has 8 heteroatoms.